The van der Waals surface area contributed by atoms with Crippen molar-refractivity contribution in [1.29, 1.82) is 0 Å². The van der Waals surface area contributed by atoms with Crippen LogP contribution in [0.2, 0.25) is 10.0 Å². The number of halogens is 2. The first kappa shape index (κ1) is 33.9. The SMILES string of the molecule is CC(=O)Oc1ccc(CN2C=CN(C[C@]3(c4ccc(Cl)cc4Cl)OC[C@H](COc4ccc(N5CCN(C(C)=O)CC5)cc4)O3)C2)cc1C. The zero-order valence-corrected chi connectivity index (χ0v) is 28.9. The zero-order chi connectivity index (χ0) is 33.8. The second-order valence-corrected chi connectivity index (χ2v) is 13.2. The molecule has 0 aromatic heterocycles. The zero-order valence-electron chi connectivity index (χ0n) is 27.4. The number of anilines is 1. The molecule has 2 atom stereocenters. The largest absolute Gasteiger partial charge is 0.491 e. The first-order valence-corrected chi connectivity index (χ1v) is 16.8. The average molecular weight is 696 g/mol. The van der Waals surface area contributed by atoms with Gasteiger partial charge < -0.3 is 38.5 Å². The molecular formula is C36H40Cl2N4O6. The molecule has 48 heavy (non-hydrogen) atoms. The molecule has 3 aliphatic heterocycles. The van der Waals surface area contributed by atoms with Crippen LogP contribution in [0.4, 0.5) is 5.69 Å². The van der Waals surface area contributed by atoms with E-state index in [0.717, 1.165) is 48.7 Å². The first-order chi connectivity index (χ1) is 23.1. The van der Waals surface area contributed by atoms with Gasteiger partial charge in [-0.3, -0.25) is 9.59 Å². The third-order valence-corrected chi connectivity index (χ3v) is 9.25. The van der Waals surface area contributed by atoms with Crippen LogP contribution in [0, 0.1) is 6.92 Å². The maximum atomic E-state index is 11.7. The molecule has 12 heteroatoms. The van der Waals surface area contributed by atoms with Crippen LogP contribution in [0.5, 0.6) is 11.5 Å². The molecule has 6 rings (SSSR count). The summed E-state index contributed by atoms with van der Waals surface area (Å²) in [7, 11) is 0. The van der Waals surface area contributed by atoms with E-state index in [2.05, 4.69) is 14.7 Å². The van der Waals surface area contributed by atoms with Gasteiger partial charge in [-0.25, -0.2) is 0 Å². The van der Waals surface area contributed by atoms with Gasteiger partial charge in [0.2, 0.25) is 11.7 Å². The number of rotatable bonds is 10. The van der Waals surface area contributed by atoms with Crippen molar-refractivity contribution in [3.63, 3.8) is 0 Å². The highest BCUT2D eigenvalue weighted by atomic mass is 35.5. The summed E-state index contributed by atoms with van der Waals surface area (Å²) in [5, 5.41) is 0.996. The molecule has 0 aliphatic carbocycles. The van der Waals surface area contributed by atoms with Crippen molar-refractivity contribution in [2.75, 3.05) is 57.5 Å². The molecule has 2 fully saturated rings. The van der Waals surface area contributed by atoms with Crippen LogP contribution >= 0.6 is 23.2 Å². The molecule has 0 spiro atoms. The number of amides is 1. The lowest BCUT2D eigenvalue weighted by Crippen LogP contribution is -2.48. The summed E-state index contributed by atoms with van der Waals surface area (Å²) >= 11 is 13.0. The fourth-order valence-electron chi connectivity index (χ4n) is 6.28. The maximum absolute atomic E-state index is 11.7. The maximum Gasteiger partial charge on any atom is 0.308 e. The highest BCUT2D eigenvalue weighted by Gasteiger charge is 2.46. The summed E-state index contributed by atoms with van der Waals surface area (Å²) in [6.45, 7) is 10.3. The van der Waals surface area contributed by atoms with Crippen molar-refractivity contribution in [3.05, 3.63) is 99.8 Å². The van der Waals surface area contributed by atoms with E-state index in [-0.39, 0.29) is 18.0 Å². The highest BCUT2D eigenvalue weighted by Crippen LogP contribution is 2.40. The van der Waals surface area contributed by atoms with E-state index in [1.807, 2.05) is 72.8 Å². The van der Waals surface area contributed by atoms with E-state index in [1.54, 1.807) is 19.1 Å². The molecule has 254 valence electrons. The molecule has 0 N–H and O–H groups in total. The second kappa shape index (κ2) is 14.7. The number of ether oxygens (including phenoxy) is 4. The third-order valence-electron chi connectivity index (χ3n) is 8.71. The number of benzene rings is 3. The van der Waals surface area contributed by atoms with Gasteiger partial charge in [-0.2, -0.15) is 0 Å². The fourth-order valence-corrected chi connectivity index (χ4v) is 6.83. The number of aryl methyl sites for hydroxylation is 1. The summed E-state index contributed by atoms with van der Waals surface area (Å²) in [6, 6.07) is 19.2. The minimum atomic E-state index is -1.13. The van der Waals surface area contributed by atoms with E-state index in [0.29, 0.717) is 54.3 Å². The smallest absolute Gasteiger partial charge is 0.308 e. The quantitative estimate of drug-likeness (QED) is 0.194. The molecule has 3 aromatic rings. The molecule has 1 amide bonds. The lowest BCUT2D eigenvalue weighted by Gasteiger charge is -2.35. The molecular weight excluding hydrogens is 655 g/mol. The summed E-state index contributed by atoms with van der Waals surface area (Å²) in [5.74, 6) is -0.0475. The number of esters is 1. The minimum absolute atomic E-state index is 0.119. The van der Waals surface area contributed by atoms with Crippen molar-refractivity contribution < 1.29 is 28.5 Å². The number of carbonyl (C=O) groups excluding carboxylic acids is 2. The minimum Gasteiger partial charge on any atom is -0.491 e. The molecule has 0 bridgehead atoms. The van der Waals surface area contributed by atoms with E-state index >= 15 is 0 Å². The Labute approximate surface area is 291 Å². The summed E-state index contributed by atoms with van der Waals surface area (Å²) in [5.41, 5.74) is 3.80. The third kappa shape index (κ3) is 8.01. The van der Waals surface area contributed by atoms with Gasteiger partial charge in [0, 0.05) is 75.2 Å². The van der Waals surface area contributed by atoms with Gasteiger partial charge in [0.15, 0.2) is 0 Å². The lowest BCUT2D eigenvalue weighted by molar-refractivity contribution is -0.188. The fraction of sp³-hybridized carbons (Fsp3) is 0.389. The van der Waals surface area contributed by atoms with Crippen LogP contribution < -0.4 is 14.4 Å². The summed E-state index contributed by atoms with van der Waals surface area (Å²) in [6.07, 6.45) is 3.72. The Morgan fingerprint density at radius 2 is 1.69 bits per heavy atom. The Hall–Kier alpha value is -3.96. The lowest BCUT2D eigenvalue weighted by atomic mass is 10.1. The Bertz CT molecular complexity index is 1660. The Morgan fingerprint density at radius 3 is 2.38 bits per heavy atom. The number of nitrogens with zero attached hydrogens (tertiary/aromatic N) is 4. The van der Waals surface area contributed by atoms with E-state index < -0.39 is 5.79 Å². The van der Waals surface area contributed by atoms with Crippen LogP contribution in [0.1, 0.15) is 30.5 Å². The van der Waals surface area contributed by atoms with E-state index in [4.69, 9.17) is 42.1 Å². The topological polar surface area (TPSA) is 84.0 Å². The molecule has 0 unspecified atom stereocenters. The predicted molar refractivity (Wildman–Crippen MR) is 184 cm³/mol. The van der Waals surface area contributed by atoms with Crippen molar-refractivity contribution in [2.24, 2.45) is 0 Å². The van der Waals surface area contributed by atoms with Gasteiger partial charge in [-0.05, 0) is 60.5 Å². The number of carbonyl (C=O) groups is 2. The van der Waals surface area contributed by atoms with Crippen molar-refractivity contribution in [3.8, 4) is 11.5 Å². The summed E-state index contributed by atoms with van der Waals surface area (Å²) in [4.78, 5) is 31.5. The number of hydrogen-bond acceptors (Lipinski definition) is 9. The van der Waals surface area contributed by atoms with Gasteiger partial charge >= 0.3 is 5.97 Å². The van der Waals surface area contributed by atoms with Gasteiger partial charge in [-0.1, -0.05) is 41.4 Å². The number of piperazine rings is 1. The first-order valence-electron chi connectivity index (χ1n) is 16.0. The van der Waals surface area contributed by atoms with Crippen molar-refractivity contribution >= 4 is 40.8 Å². The molecule has 3 aromatic carbocycles. The Morgan fingerprint density at radius 1 is 0.938 bits per heavy atom. The van der Waals surface area contributed by atoms with Gasteiger partial charge in [-0.15, -0.1) is 0 Å². The molecule has 0 radical (unpaired) electrons. The van der Waals surface area contributed by atoms with Crippen LogP contribution in [0.3, 0.4) is 0 Å². The van der Waals surface area contributed by atoms with Crippen molar-refractivity contribution in [2.45, 2.75) is 39.2 Å². The second-order valence-electron chi connectivity index (χ2n) is 12.4. The van der Waals surface area contributed by atoms with Crippen LogP contribution in [0.25, 0.3) is 0 Å². The molecule has 3 heterocycles. The number of hydrogen-bond donors (Lipinski definition) is 0. The molecule has 2 saturated heterocycles. The molecule has 10 nitrogen and oxygen atoms in total. The van der Waals surface area contributed by atoms with E-state index in [9.17, 15) is 9.59 Å². The Balaban J connectivity index is 1.07. The van der Waals surface area contributed by atoms with Crippen LogP contribution in [0.15, 0.2) is 73.1 Å². The normalized spacial score (nSPS) is 20.8. The van der Waals surface area contributed by atoms with Crippen molar-refractivity contribution in [1.82, 2.24) is 14.7 Å². The highest BCUT2D eigenvalue weighted by molar-refractivity contribution is 6.35. The van der Waals surface area contributed by atoms with Gasteiger partial charge in [0.25, 0.3) is 0 Å². The Kier molecular flexibility index (Phi) is 10.4. The van der Waals surface area contributed by atoms with Gasteiger partial charge in [0.1, 0.15) is 24.2 Å². The van der Waals surface area contributed by atoms with Crippen LogP contribution in [-0.4, -0.2) is 85.3 Å². The monoisotopic (exact) mass is 694 g/mol. The molecule has 3 aliphatic rings. The van der Waals surface area contributed by atoms with Crippen LogP contribution in [-0.2, 0) is 31.4 Å². The van der Waals surface area contributed by atoms with Gasteiger partial charge in [0.05, 0.1) is 24.8 Å². The van der Waals surface area contributed by atoms with E-state index in [1.165, 1.54) is 6.92 Å². The standard InChI is InChI=1S/C36H40Cl2N4O6/c1-25-18-28(4-11-35(25)47-27(3)44)20-39-12-13-40(24-39)23-36(33-10-5-29(37)19-34(33)38)46-22-32(48-36)21-45-31-8-6-30(7-9-31)42-16-14-41(15-17-42)26(2)43/h4-13,18-19,32H,14-17,20-24H2,1-3H3/t32-,36-/m0/s1. The summed E-state index contributed by atoms with van der Waals surface area (Å²) < 4.78 is 24.5. The average Bonchev–Trinajstić information content (AvgIpc) is 3.68. The predicted octanol–water partition coefficient (Wildman–Crippen LogP) is 5.79. The molecule has 0 saturated carbocycles.